The minimum atomic E-state index is -4.48. The maximum Gasteiger partial charge on any atom is 1.00 e. The van der Waals surface area contributed by atoms with E-state index in [1.54, 1.807) is 6.92 Å². The van der Waals surface area contributed by atoms with Gasteiger partial charge in [0.2, 0.25) is 0 Å². The molecule has 0 radical (unpaired) electrons. The zero-order valence-electron chi connectivity index (χ0n) is 17.6. The second-order valence-corrected chi connectivity index (χ2v) is 8.49. The fourth-order valence-corrected chi connectivity index (χ4v) is 3.77. The van der Waals surface area contributed by atoms with Crippen LogP contribution in [0.25, 0.3) is 0 Å². The molecule has 0 N–H and O–H groups in total. The van der Waals surface area contributed by atoms with Crippen LogP contribution in [0.1, 0.15) is 89.7 Å². The third-order valence-electron chi connectivity index (χ3n) is 4.68. The van der Waals surface area contributed by atoms with Gasteiger partial charge in [-0.2, -0.15) is 0 Å². The fourth-order valence-electron chi connectivity index (χ4n) is 3.15. The first-order valence-corrected chi connectivity index (χ1v) is 11.6. The Bertz CT molecular complexity index is 586. The predicted molar refractivity (Wildman–Crippen MR) is 107 cm³/mol. The summed E-state index contributed by atoms with van der Waals surface area (Å²) in [4.78, 5) is 0. The Morgan fingerprint density at radius 1 is 0.889 bits per heavy atom. The molecule has 0 fully saturated rings. The van der Waals surface area contributed by atoms with Crippen molar-refractivity contribution in [3.8, 4) is 5.75 Å². The van der Waals surface area contributed by atoms with E-state index in [0.717, 1.165) is 49.7 Å². The van der Waals surface area contributed by atoms with Crippen molar-refractivity contribution in [2.45, 2.75) is 96.8 Å². The molecule has 0 aromatic heterocycles. The van der Waals surface area contributed by atoms with Crippen LogP contribution in [-0.4, -0.2) is 18.4 Å². The molecule has 0 heterocycles. The first-order valence-electron chi connectivity index (χ1n) is 10.2. The molecule has 150 valence electrons. The van der Waals surface area contributed by atoms with Crippen molar-refractivity contribution in [1.82, 2.24) is 0 Å². The largest absolute Gasteiger partial charge is 1.00 e. The maximum atomic E-state index is 11.5. The van der Waals surface area contributed by atoms with Gasteiger partial charge in [-0.05, 0) is 43.2 Å². The van der Waals surface area contributed by atoms with Gasteiger partial charge in [-0.3, -0.25) is 0 Å². The van der Waals surface area contributed by atoms with E-state index in [1.807, 2.05) is 18.2 Å². The summed E-state index contributed by atoms with van der Waals surface area (Å²) < 4.78 is 40.3. The zero-order chi connectivity index (χ0) is 19.4. The van der Waals surface area contributed by atoms with Crippen LogP contribution < -0.4 is 34.3 Å². The van der Waals surface area contributed by atoms with E-state index < -0.39 is 15.6 Å². The van der Waals surface area contributed by atoms with Crippen LogP contribution in [0.3, 0.4) is 0 Å². The van der Waals surface area contributed by atoms with Gasteiger partial charge < -0.3 is 9.29 Å². The van der Waals surface area contributed by atoms with E-state index in [0.29, 0.717) is 5.75 Å². The van der Waals surface area contributed by atoms with Gasteiger partial charge >= 0.3 is 29.6 Å². The van der Waals surface area contributed by atoms with Crippen LogP contribution in [-0.2, 0) is 23.0 Å². The summed E-state index contributed by atoms with van der Waals surface area (Å²) in [7, 11) is -4.48. The van der Waals surface area contributed by atoms with Gasteiger partial charge in [-0.25, -0.2) is 8.42 Å². The maximum absolute atomic E-state index is 11.5. The second-order valence-electron chi connectivity index (χ2n) is 6.98. The van der Waals surface area contributed by atoms with Gasteiger partial charge in [0.25, 0.3) is 0 Å². The zero-order valence-corrected chi connectivity index (χ0v) is 20.4. The minimum absolute atomic E-state index is 0. The molecule has 27 heavy (non-hydrogen) atoms. The van der Waals surface area contributed by atoms with E-state index in [4.69, 9.17) is 4.74 Å². The molecule has 0 aliphatic carbocycles. The Hall–Kier alpha value is -0.0700. The number of unbranched alkanes of at least 4 members (excludes halogenated alkanes) is 6. The van der Waals surface area contributed by atoms with E-state index in [2.05, 4.69) is 13.8 Å². The Morgan fingerprint density at radius 2 is 1.37 bits per heavy atom. The molecule has 0 spiro atoms. The molecule has 0 saturated heterocycles. The molecule has 6 heteroatoms. The summed E-state index contributed by atoms with van der Waals surface area (Å²) in [5, 5.41) is 0. The summed E-state index contributed by atoms with van der Waals surface area (Å²) >= 11 is 0. The van der Waals surface area contributed by atoms with E-state index in [9.17, 15) is 13.0 Å². The molecule has 1 aromatic carbocycles. The molecule has 1 aromatic rings. The SMILES string of the molecule is CCCCCCc1cccc(CCCCCC)c1OC(CC)S(=O)(=O)[O-].[Na+]. The molecular formula is C21H35NaO4S. The second kappa shape index (κ2) is 14.9. The summed E-state index contributed by atoms with van der Waals surface area (Å²) in [5.41, 5.74) is 0.737. The van der Waals surface area contributed by atoms with Gasteiger partial charge in [0.15, 0.2) is 5.44 Å². The smallest absolute Gasteiger partial charge is 0.745 e. The predicted octanol–water partition coefficient (Wildman–Crippen LogP) is 2.60. The van der Waals surface area contributed by atoms with Crippen molar-refractivity contribution in [1.29, 1.82) is 0 Å². The number of ether oxygens (including phenoxy) is 1. The first-order chi connectivity index (χ1) is 12.4. The van der Waals surface area contributed by atoms with Gasteiger partial charge in [0.1, 0.15) is 15.9 Å². The summed E-state index contributed by atoms with van der Waals surface area (Å²) in [6, 6.07) is 6.02. The summed E-state index contributed by atoms with van der Waals surface area (Å²) in [6.07, 6.45) is 11.0. The minimum Gasteiger partial charge on any atom is -0.745 e. The molecule has 1 rings (SSSR count). The number of hydrogen-bond donors (Lipinski definition) is 0. The molecular weight excluding hydrogens is 371 g/mol. The van der Waals surface area contributed by atoms with Gasteiger partial charge in [0, 0.05) is 0 Å². The Kier molecular flexibility index (Phi) is 14.8. The average Bonchev–Trinajstić information content (AvgIpc) is 2.60. The van der Waals surface area contributed by atoms with Crippen molar-refractivity contribution in [2.75, 3.05) is 0 Å². The Balaban J connectivity index is 0.00000676. The van der Waals surface area contributed by atoms with E-state index in [1.165, 1.54) is 25.7 Å². The van der Waals surface area contributed by atoms with Gasteiger partial charge in [-0.1, -0.05) is 77.5 Å². The first kappa shape index (κ1) is 26.9. The topological polar surface area (TPSA) is 66.4 Å². The molecule has 0 saturated carbocycles. The number of para-hydroxylation sites is 1. The van der Waals surface area contributed by atoms with Gasteiger partial charge in [0.05, 0.1) is 0 Å². The number of rotatable bonds is 14. The summed E-state index contributed by atoms with van der Waals surface area (Å²) in [6.45, 7) is 6.03. The molecule has 4 nitrogen and oxygen atoms in total. The number of aryl methyl sites for hydroxylation is 2. The van der Waals surface area contributed by atoms with Crippen LogP contribution in [0.2, 0.25) is 0 Å². The quantitative estimate of drug-likeness (QED) is 0.271. The van der Waals surface area contributed by atoms with Crippen molar-refractivity contribution in [2.24, 2.45) is 0 Å². The Labute approximate surface area is 188 Å². The van der Waals surface area contributed by atoms with E-state index >= 15 is 0 Å². The van der Waals surface area contributed by atoms with Crippen molar-refractivity contribution in [3.05, 3.63) is 29.3 Å². The molecule has 0 aliphatic heterocycles. The third-order valence-corrected chi connectivity index (χ3v) is 5.76. The van der Waals surface area contributed by atoms with Crippen molar-refractivity contribution >= 4 is 10.1 Å². The Morgan fingerprint density at radius 3 is 1.74 bits per heavy atom. The van der Waals surface area contributed by atoms with E-state index in [-0.39, 0.29) is 36.0 Å². The molecule has 0 bridgehead atoms. The third kappa shape index (κ3) is 10.3. The fraction of sp³-hybridized carbons (Fsp3) is 0.714. The average molecular weight is 407 g/mol. The standard InChI is InChI=1S/C21H36O4S.Na/c1-4-7-9-11-14-18-16-13-17-19(15-12-10-8-5-2)21(18)25-20(6-3)26(22,23)24;/h13,16-17,20H,4-12,14-15H2,1-3H3,(H,22,23,24);/q;+1/p-1. The van der Waals surface area contributed by atoms with Crippen LogP contribution in [0, 0.1) is 0 Å². The van der Waals surface area contributed by atoms with Crippen molar-refractivity contribution in [3.63, 3.8) is 0 Å². The molecule has 0 amide bonds. The normalized spacial score (nSPS) is 12.4. The number of hydrogen-bond acceptors (Lipinski definition) is 4. The van der Waals surface area contributed by atoms with Crippen LogP contribution in [0.5, 0.6) is 5.75 Å². The summed E-state index contributed by atoms with van der Waals surface area (Å²) in [5.74, 6) is 0.631. The molecule has 1 atom stereocenters. The van der Waals surface area contributed by atoms with Crippen molar-refractivity contribution < 1.29 is 47.3 Å². The number of benzene rings is 1. The van der Waals surface area contributed by atoms with Gasteiger partial charge in [-0.15, -0.1) is 0 Å². The molecule has 1 unspecified atom stereocenters. The van der Waals surface area contributed by atoms with Crippen LogP contribution >= 0.6 is 0 Å². The van der Waals surface area contributed by atoms with Crippen LogP contribution in [0.15, 0.2) is 18.2 Å². The monoisotopic (exact) mass is 406 g/mol. The molecule has 0 aliphatic rings. The van der Waals surface area contributed by atoms with Crippen LogP contribution in [0.4, 0.5) is 0 Å².